The second-order valence-electron chi connectivity index (χ2n) is 6.95. The lowest BCUT2D eigenvalue weighted by molar-refractivity contribution is 0.159. The van der Waals surface area contributed by atoms with Crippen LogP contribution >= 0.6 is 0 Å². The molecule has 0 heterocycles. The van der Waals surface area contributed by atoms with E-state index in [2.05, 4.69) is 25.7 Å². The van der Waals surface area contributed by atoms with Gasteiger partial charge in [-0.2, -0.15) is 5.26 Å². The zero-order chi connectivity index (χ0) is 14.1. The summed E-state index contributed by atoms with van der Waals surface area (Å²) in [7, 11) is -1.61. The quantitative estimate of drug-likeness (QED) is 0.661. The lowest BCUT2D eigenvalue weighted by atomic mass is 9.91. The van der Waals surface area contributed by atoms with E-state index in [4.69, 9.17) is 4.43 Å². The van der Waals surface area contributed by atoms with Crippen LogP contribution in [-0.4, -0.2) is 14.4 Å². The molecule has 0 aliphatic heterocycles. The Morgan fingerprint density at radius 1 is 0.895 bits per heavy atom. The monoisotopic (exact) mass is 281 g/mol. The molecule has 1 atom stereocenters. The lowest BCUT2D eigenvalue weighted by Gasteiger charge is -2.28. The van der Waals surface area contributed by atoms with Crippen molar-refractivity contribution in [2.24, 2.45) is 5.92 Å². The highest BCUT2D eigenvalue weighted by Gasteiger charge is 2.27. The largest absolute Gasteiger partial charge is 0.402 e. The topological polar surface area (TPSA) is 33.0 Å². The SMILES string of the molecule is C[Si](C)(C)OC(C#N)C1CCCCCCCCCC1. The van der Waals surface area contributed by atoms with Gasteiger partial charge in [-0.1, -0.05) is 51.4 Å². The summed E-state index contributed by atoms with van der Waals surface area (Å²) in [5.41, 5.74) is 0. The van der Waals surface area contributed by atoms with Crippen LogP contribution in [0.1, 0.15) is 64.2 Å². The number of rotatable bonds is 3. The van der Waals surface area contributed by atoms with Crippen LogP contribution in [0.15, 0.2) is 0 Å². The van der Waals surface area contributed by atoms with Crippen LogP contribution in [0.25, 0.3) is 0 Å². The molecule has 0 aromatic carbocycles. The first-order valence-corrected chi connectivity index (χ1v) is 11.5. The Balaban J connectivity index is 2.55. The van der Waals surface area contributed by atoms with Gasteiger partial charge in [0.25, 0.3) is 0 Å². The molecule has 1 saturated carbocycles. The molecule has 110 valence electrons. The van der Waals surface area contributed by atoms with Gasteiger partial charge < -0.3 is 4.43 Å². The van der Waals surface area contributed by atoms with E-state index in [-0.39, 0.29) is 6.10 Å². The lowest BCUT2D eigenvalue weighted by Crippen LogP contribution is -2.35. The number of hydrogen-bond donors (Lipinski definition) is 0. The molecule has 2 nitrogen and oxygen atoms in total. The van der Waals surface area contributed by atoms with E-state index in [1.165, 1.54) is 64.2 Å². The first kappa shape index (κ1) is 16.7. The third kappa shape index (κ3) is 7.74. The van der Waals surface area contributed by atoms with Gasteiger partial charge in [-0.3, -0.25) is 0 Å². The molecule has 0 amide bonds. The average molecular weight is 282 g/mol. The highest BCUT2D eigenvalue weighted by molar-refractivity contribution is 6.69. The molecular weight excluding hydrogens is 250 g/mol. The molecule has 3 heteroatoms. The average Bonchev–Trinajstić information content (AvgIpc) is 2.40. The minimum atomic E-state index is -1.61. The molecule has 1 unspecified atom stereocenters. The number of nitrogens with zero attached hydrogens (tertiary/aromatic N) is 1. The van der Waals surface area contributed by atoms with E-state index in [0.717, 1.165) is 0 Å². The number of hydrogen-bond acceptors (Lipinski definition) is 2. The van der Waals surface area contributed by atoms with Crippen molar-refractivity contribution in [3.8, 4) is 6.07 Å². The van der Waals surface area contributed by atoms with Gasteiger partial charge >= 0.3 is 0 Å². The van der Waals surface area contributed by atoms with E-state index in [0.29, 0.717) is 5.92 Å². The Hall–Kier alpha value is -0.333. The third-order valence-corrected chi connectivity index (χ3v) is 4.90. The van der Waals surface area contributed by atoms with Crippen LogP contribution in [0.4, 0.5) is 0 Å². The second kappa shape index (κ2) is 8.76. The fourth-order valence-electron chi connectivity index (χ4n) is 2.93. The van der Waals surface area contributed by atoms with Crippen molar-refractivity contribution in [3.63, 3.8) is 0 Å². The maximum Gasteiger partial charge on any atom is 0.185 e. The van der Waals surface area contributed by atoms with Crippen molar-refractivity contribution in [2.45, 2.75) is 90.0 Å². The Bertz CT molecular complexity index is 267. The molecule has 1 fully saturated rings. The standard InChI is InChI=1S/C16H31NOSi/c1-19(2,3)18-16(14-17)15-12-10-8-6-4-5-7-9-11-13-15/h15-16H,4-13H2,1-3H3. The minimum Gasteiger partial charge on any atom is -0.402 e. The molecule has 0 aromatic rings. The molecule has 0 N–H and O–H groups in total. The number of nitriles is 1. The maximum absolute atomic E-state index is 9.43. The van der Waals surface area contributed by atoms with Gasteiger partial charge in [0.2, 0.25) is 0 Å². The predicted octanol–water partition coefficient (Wildman–Crippen LogP) is 5.26. The summed E-state index contributed by atoms with van der Waals surface area (Å²) >= 11 is 0. The first-order chi connectivity index (χ1) is 9.03. The Morgan fingerprint density at radius 3 is 1.68 bits per heavy atom. The van der Waals surface area contributed by atoms with Crippen molar-refractivity contribution >= 4 is 8.32 Å². The first-order valence-electron chi connectivity index (χ1n) is 8.10. The molecule has 0 aromatic heterocycles. The van der Waals surface area contributed by atoms with Gasteiger partial charge in [0.15, 0.2) is 8.32 Å². The molecule has 0 spiro atoms. The van der Waals surface area contributed by atoms with E-state index >= 15 is 0 Å². The summed E-state index contributed by atoms with van der Waals surface area (Å²) in [6, 6.07) is 2.44. The van der Waals surface area contributed by atoms with Crippen LogP contribution in [0.5, 0.6) is 0 Å². The normalized spacial score (nSPS) is 22.2. The van der Waals surface area contributed by atoms with Crippen LogP contribution in [0, 0.1) is 17.2 Å². The molecule has 0 saturated heterocycles. The zero-order valence-electron chi connectivity index (χ0n) is 13.1. The fraction of sp³-hybridized carbons (Fsp3) is 0.938. The highest BCUT2D eigenvalue weighted by Crippen LogP contribution is 2.26. The van der Waals surface area contributed by atoms with Crippen LogP contribution in [-0.2, 0) is 4.43 Å². The van der Waals surface area contributed by atoms with E-state index in [9.17, 15) is 5.26 Å². The van der Waals surface area contributed by atoms with E-state index < -0.39 is 8.32 Å². The minimum absolute atomic E-state index is 0.160. The summed E-state index contributed by atoms with van der Waals surface area (Å²) in [6.45, 7) is 6.55. The fourth-order valence-corrected chi connectivity index (χ4v) is 3.94. The van der Waals surface area contributed by atoms with Crippen LogP contribution in [0.3, 0.4) is 0 Å². The van der Waals surface area contributed by atoms with Crippen molar-refractivity contribution < 1.29 is 4.43 Å². The summed E-state index contributed by atoms with van der Waals surface area (Å²) in [5, 5.41) is 9.43. The molecule has 19 heavy (non-hydrogen) atoms. The van der Waals surface area contributed by atoms with Crippen LogP contribution < -0.4 is 0 Å². The van der Waals surface area contributed by atoms with Gasteiger partial charge in [-0.25, -0.2) is 0 Å². The van der Waals surface area contributed by atoms with Crippen molar-refractivity contribution in [3.05, 3.63) is 0 Å². The van der Waals surface area contributed by atoms with Gasteiger partial charge in [-0.15, -0.1) is 0 Å². The maximum atomic E-state index is 9.43. The van der Waals surface area contributed by atoms with E-state index in [1.54, 1.807) is 0 Å². The molecule has 1 rings (SSSR count). The van der Waals surface area contributed by atoms with E-state index in [1.807, 2.05) is 0 Å². The smallest absolute Gasteiger partial charge is 0.185 e. The third-order valence-electron chi connectivity index (χ3n) is 3.94. The summed E-state index contributed by atoms with van der Waals surface area (Å²) in [5.74, 6) is 0.467. The summed E-state index contributed by atoms with van der Waals surface area (Å²) < 4.78 is 6.10. The molecule has 0 bridgehead atoms. The van der Waals surface area contributed by atoms with Crippen molar-refractivity contribution in [2.75, 3.05) is 0 Å². The summed E-state index contributed by atoms with van der Waals surface area (Å²) in [6.07, 6.45) is 13.0. The molecule has 1 aliphatic rings. The molecular formula is C16H31NOSi. The zero-order valence-corrected chi connectivity index (χ0v) is 14.1. The Morgan fingerprint density at radius 2 is 1.32 bits per heavy atom. The Kier molecular flexibility index (Phi) is 7.71. The molecule has 1 aliphatic carbocycles. The highest BCUT2D eigenvalue weighted by atomic mass is 28.4. The second-order valence-corrected chi connectivity index (χ2v) is 11.4. The Labute approximate surface area is 120 Å². The van der Waals surface area contributed by atoms with Gasteiger partial charge in [0.05, 0.1) is 6.07 Å². The molecule has 0 radical (unpaired) electrons. The van der Waals surface area contributed by atoms with Gasteiger partial charge in [-0.05, 0) is 38.4 Å². The van der Waals surface area contributed by atoms with Crippen molar-refractivity contribution in [1.82, 2.24) is 0 Å². The van der Waals surface area contributed by atoms with Gasteiger partial charge in [0, 0.05) is 0 Å². The van der Waals surface area contributed by atoms with Gasteiger partial charge in [0.1, 0.15) is 6.10 Å². The predicted molar refractivity (Wildman–Crippen MR) is 83.5 cm³/mol. The van der Waals surface area contributed by atoms with Crippen molar-refractivity contribution in [1.29, 1.82) is 5.26 Å². The van der Waals surface area contributed by atoms with Crippen LogP contribution in [0.2, 0.25) is 19.6 Å². The summed E-state index contributed by atoms with van der Waals surface area (Å²) in [4.78, 5) is 0.